The molecule has 132 valence electrons. The number of benzene rings is 1. The van der Waals surface area contributed by atoms with E-state index in [0.717, 1.165) is 32.0 Å². The zero-order chi connectivity index (χ0) is 17.3. The van der Waals surface area contributed by atoms with E-state index >= 15 is 0 Å². The number of carbonyl (C=O) groups excluding carboxylic acids is 1. The molecule has 4 nitrogen and oxygen atoms in total. The second-order valence-electron chi connectivity index (χ2n) is 7.52. The van der Waals surface area contributed by atoms with Crippen LogP contribution < -0.4 is 0 Å². The number of carbonyl (C=O) groups is 1. The summed E-state index contributed by atoms with van der Waals surface area (Å²) in [5, 5.41) is 9.78. The maximum absolute atomic E-state index is 12.9. The highest BCUT2D eigenvalue weighted by Gasteiger charge is 2.33. The Balaban J connectivity index is 1.74. The molecule has 1 amide bonds. The molecule has 0 radical (unpaired) electrons. The topological polar surface area (TPSA) is 43.8 Å². The van der Waals surface area contributed by atoms with E-state index in [1.807, 2.05) is 4.90 Å². The van der Waals surface area contributed by atoms with E-state index in [4.69, 9.17) is 11.6 Å². The van der Waals surface area contributed by atoms with Crippen LogP contribution in [0.15, 0.2) is 18.2 Å². The van der Waals surface area contributed by atoms with Crippen molar-refractivity contribution in [2.75, 3.05) is 26.2 Å². The van der Waals surface area contributed by atoms with E-state index in [1.54, 1.807) is 12.1 Å². The average molecular weight is 351 g/mol. The fraction of sp³-hybridized carbons (Fsp3) is 0.632. The normalized spacial score (nSPS) is 22.7. The van der Waals surface area contributed by atoms with Crippen molar-refractivity contribution in [3.8, 4) is 5.75 Å². The summed E-state index contributed by atoms with van der Waals surface area (Å²) < 4.78 is 0. The van der Waals surface area contributed by atoms with Crippen LogP contribution in [0.1, 0.15) is 43.5 Å². The number of halogens is 1. The molecule has 24 heavy (non-hydrogen) atoms. The molecule has 0 unspecified atom stereocenters. The molecule has 1 atom stereocenters. The van der Waals surface area contributed by atoms with Crippen molar-refractivity contribution in [3.05, 3.63) is 28.8 Å². The number of amides is 1. The Kier molecular flexibility index (Phi) is 5.36. The molecular formula is C19H27ClN2O2. The Labute approximate surface area is 149 Å². The van der Waals surface area contributed by atoms with Gasteiger partial charge >= 0.3 is 0 Å². The lowest BCUT2D eigenvalue weighted by molar-refractivity contribution is 0.0704. The monoisotopic (exact) mass is 350 g/mol. The van der Waals surface area contributed by atoms with Gasteiger partial charge in [-0.15, -0.1) is 0 Å². The van der Waals surface area contributed by atoms with E-state index < -0.39 is 0 Å². The molecule has 1 saturated carbocycles. The van der Waals surface area contributed by atoms with Gasteiger partial charge in [0.1, 0.15) is 5.75 Å². The highest BCUT2D eigenvalue weighted by Crippen LogP contribution is 2.32. The van der Waals surface area contributed by atoms with Gasteiger partial charge in [0.05, 0.1) is 5.02 Å². The van der Waals surface area contributed by atoms with Gasteiger partial charge in [-0.05, 0) is 49.3 Å². The van der Waals surface area contributed by atoms with Crippen LogP contribution in [-0.2, 0) is 0 Å². The lowest BCUT2D eigenvalue weighted by Crippen LogP contribution is -2.46. The third kappa shape index (κ3) is 4.04. The summed E-state index contributed by atoms with van der Waals surface area (Å²) >= 11 is 5.97. The molecule has 5 heteroatoms. The number of nitrogens with zero attached hydrogens (tertiary/aromatic N) is 2. The predicted molar refractivity (Wildman–Crippen MR) is 96.6 cm³/mol. The molecule has 2 aliphatic rings. The van der Waals surface area contributed by atoms with Gasteiger partial charge in [0.2, 0.25) is 0 Å². The van der Waals surface area contributed by atoms with Gasteiger partial charge in [-0.1, -0.05) is 25.4 Å². The first-order chi connectivity index (χ1) is 11.5. The molecule has 1 heterocycles. The maximum atomic E-state index is 12.9. The van der Waals surface area contributed by atoms with E-state index in [9.17, 15) is 9.90 Å². The molecule has 0 aromatic heterocycles. The van der Waals surface area contributed by atoms with Crippen molar-refractivity contribution in [1.82, 2.24) is 9.80 Å². The third-order valence-corrected chi connectivity index (χ3v) is 5.49. The Morgan fingerprint density at radius 2 is 2.08 bits per heavy atom. The van der Waals surface area contributed by atoms with Crippen molar-refractivity contribution in [3.63, 3.8) is 0 Å². The highest BCUT2D eigenvalue weighted by atomic mass is 35.5. The number of aromatic hydroxyl groups is 1. The molecule has 0 spiro atoms. The standard InChI is InChI=1S/C19H27ClN2O2/c1-13(2)17-12-22(9-3-8-21(17)11-14-4-5-14)19(24)15-6-7-18(23)16(20)10-15/h6-7,10,13-14,17,23H,3-5,8-9,11-12H2,1-2H3/t17-/m1/s1. The van der Waals surface area contributed by atoms with E-state index in [2.05, 4.69) is 18.7 Å². The van der Waals surface area contributed by atoms with Crippen LogP contribution in [0.25, 0.3) is 0 Å². The van der Waals surface area contributed by atoms with Crippen molar-refractivity contribution in [2.24, 2.45) is 11.8 Å². The van der Waals surface area contributed by atoms with Gasteiger partial charge in [0.15, 0.2) is 0 Å². The Morgan fingerprint density at radius 1 is 1.33 bits per heavy atom. The quantitative estimate of drug-likeness (QED) is 0.901. The molecule has 1 aromatic rings. The summed E-state index contributed by atoms with van der Waals surface area (Å²) in [6.07, 6.45) is 3.72. The number of phenolic OH excluding ortho intramolecular Hbond substituents is 1. The highest BCUT2D eigenvalue weighted by molar-refractivity contribution is 6.32. The number of hydrogen-bond donors (Lipinski definition) is 1. The smallest absolute Gasteiger partial charge is 0.253 e. The zero-order valence-corrected chi connectivity index (χ0v) is 15.3. The van der Waals surface area contributed by atoms with Gasteiger partial charge in [-0.25, -0.2) is 0 Å². The fourth-order valence-electron chi connectivity index (χ4n) is 3.56. The third-order valence-electron chi connectivity index (χ3n) is 5.19. The first-order valence-electron chi connectivity index (χ1n) is 8.97. The lowest BCUT2D eigenvalue weighted by atomic mass is 10.0. The van der Waals surface area contributed by atoms with Gasteiger partial charge < -0.3 is 10.0 Å². The minimum atomic E-state index is 0.0100. The second kappa shape index (κ2) is 7.32. The molecule has 1 N–H and O–H groups in total. The molecule has 1 aliphatic heterocycles. The summed E-state index contributed by atoms with van der Waals surface area (Å²) in [5.74, 6) is 1.40. The minimum Gasteiger partial charge on any atom is -0.506 e. The van der Waals surface area contributed by atoms with Gasteiger partial charge in [-0.3, -0.25) is 9.69 Å². The Hall–Kier alpha value is -1.26. The van der Waals surface area contributed by atoms with Crippen molar-refractivity contribution >= 4 is 17.5 Å². The summed E-state index contributed by atoms with van der Waals surface area (Å²) in [7, 11) is 0. The second-order valence-corrected chi connectivity index (χ2v) is 7.93. The van der Waals surface area contributed by atoms with Gasteiger partial charge in [0.25, 0.3) is 5.91 Å². The first kappa shape index (κ1) is 17.6. The van der Waals surface area contributed by atoms with Crippen LogP contribution in [0.5, 0.6) is 5.75 Å². The summed E-state index contributed by atoms with van der Waals surface area (Å²) in [6, 6.07) is 5.12. The first-order valence-corrected chi connectivity index (χ1v) is 9.35. The van der Waals surface area contributed by atoms with Crippen LogP contribution in [0, 0.1) is 11.8 Å². The van der Waals surface area contributed by atoms with E-state index in [0.29, 0.717) is 17.5 Å². The van der Waals surface area contributed by atoms with Crippen LogP contribution in [0.4, 0.5) is 0 Å². The Bertz CT molecular complexity index is 601. The number of phenols is 1. The lowest BCUT2D eigenvalue weighted by Gasteiger charge is -2.34. The molecule has 1 saturated heterocycles. The molecule has 0 bridgehead atoms. The molecular weight excluding hydrogens is 324 g/mol. The molecule has 3 rings (SSSR count). The minimum absolute atomic E-state index is 0.0100. The van der Waals surface area contributed by atoms with E-state index in [1.165, 1.54) is 25.5 Å². The van der Waals surface area contributed by atoms with Crippen molar-refractivity contribution in [1.29, 1.82) is 0 Å². The summed E-state index contributed by atoms with van der Waals surface area (Å²) in [4.78, 5) is 17.4. The van der Waals surface area contributed by atoms with Gasteiger partial charge in [-0.2, -0.15) is 0 Å². The van der Waals surface area contributed by atoms with Crippen molar-refractivity contribution < 1.29 is 9.90 Å². The SMILES string of the molecule is CC(C)[C@H]1CN(C(=O)c2ccc(O)c(Cl)c2)CCCN1CC1CC1. The van der Waals surface area contributed by atoms with E-state index in [-0.39, 0.29) is 16.7 Å². The van der Waals surface area contributed by atoms with Crippen LogP contribution in [0.3, 0.4) is 0 Å². The van der Waals surface area contributed by atoms with Crippen LogP contribution in [-0.4, -0.2) is 53.0 Å². The fourth-order valence-corrected chi connectivity index (χ4v) is 3.74. The summed E-state index contributed by atoms with van der Waals surface area (Å²) in [5.41, 5.74) is 0.552. The summed E-state index contributed by atoms with van der Waals surface area (Å²) in [6.45, 7) is 8.28. The number of hydrogen-bond acceptors (Lipinski definition) is 3. The van der Waals surface area contributed by atoms with Gasteiger partial charge in [0, 0.05) is 37.8 Å². The molecule has 1 aliphatic carbocycles. The average Bonchev–Trinajstić information content (AvgIpc) is 3.36. The van der Waals surface area contributed by atoms with Crippen molar-refractivity contribution in [2.45, 2.75) is 39.2 Å². The molecule has 2 fully saturated rings. The number of rotatable bonds is 4. The van der Waals surface area contributed by atoms with Crippen LogP contribution in [0.2, 0.25) is 5.02 Å². The largest absolute Gasteiger partial charge is 0.506 e. The van der Waals surface area contributed by atoms with Crippen LogP contribution >= 0.6 is 11.6 Å². The zero-order valence-electron chi connectivity index (χ0n) is 14.5. The Morgan fingerprint density at radius 3 is 2.71 bits per heavy atom. The maximum Gasteiger partial charge on any atom is 0.253 e. The predicted octanol–water partition coefficient (Wildman–Crippen LogP) is 3.63. The molecule has 1 aromatic carbocycles.